The lowest BCUT2D eigenvalue weighted by molar-refractivity contribution is -0.123. The van der Waals surface area contributed by atoms with Crippen molar-refractivity contribution in [2.45, 2.75) is 148 Å². The van der Waals surface area contributed by atoms with E-state index in [0.29, 0.717) is 6.42 Å². The van der Waals surface area contributed by atoms with Gasteiger partial charge in [-0.3, -0.25) is 13.8 Å². The van der Waals surface area contributed by atoms with E-state index < -0.39 is 20.0 Å². The van der Waals surface area contributed by atoms with Crippen molar-refractivity contribution in [2.75, 3.05) is 19.8 Å². The topological polar surface area (TPSA) is 131 Å². The predicted molar refractivity (Wildman–Crippen MR) is 175 cm³/mol. The number of unbranched alkanes of at least 4 members (excludes halogenated alkanes) is 14. The molecule has 0 aromatic carbocycles. The molecule has 0 heterocycles. The van der Waals surface area contributed by atoms with Crippen LogP contribution < -0.4 is 11.1 Å². The van der Waals surface area contributed by atoms with Gasteiger partial charge in [-0.05, 0) is 44.9 Å². The molecule has 0 aliphatic carbocycles. The van der Waals surface area contributed by atoms with E-state index in [1.54, 1.807) is 6.08 Å². The van der Waals surface area contributed by atoms with Crippen LogP contribution in [0.25, 0.3) is 0 Å². The van der Waals surface area contributed by atoms with Gasteiger partial charge in [0.25, 0.3) is 0 Å². The molecule has 0 spiro atoms. The SMILES string of the molecule is CCC/C=C\C/C=C\CCCCCCCC(=O)NC(COP(=O)(O)OCCN)C(O)/C=C/CCCCCCCCCC. The van der Waals surface area contributed by atoms with Crippen molar-refractivity contribution >= 4 is 13.7 Å². The van der Waals surface area contributed by atoms with Crippen molar-refractivity contribution in [1.29, 1.82) is 0 Å². The van der Waals surface area contributed by atoms with Crippen LogP contribution in [0.5, 0.6) is 0 Å². The van der Waals surface area contributed by atoms with Gasteiger partial charge in [-0.25, -0.2) is 4.57 Å². The first-order chi connectivity index (χ1) is 20.4. The first-order valence-electron chi connectivity index (χ1n) is 16.6. The predicted octanol–water partition coefficient (Wildman–Crippen LogP) is 8.04. The summed E-state index contributed by atoms with van der Waals surface area (Å²) in [6, 6.07) is -0.863. The Morgan fingerprint density at radius 1 is 0.786 bits per heavy atom. The van der Waals surface area contributed by atoms with Gasteiger partial charge in [-0.15, -0.1) is 0 Å². The van der Waals surface area contributed by atoms with E-state index >= 15 is 0 Å². The fourth-order valence-electron chi connectivity index (χ4n) is 4.40. The van der Waals surface area contributed by atoms with Crippen LogP contribution in [0.3, 0.4) is 0 Å². The zero-order chi connectivity index (χ0) is 31.2. The molecule has 0 rings (SSSR count). The first kappa shape index (κ1) is 40.7. The van der Waals surface area contributed by atoms with Gasteiger partial charge in [0, 0.05) is 13.0 Å². The molecular weight excluding hydrogens is 551 g/mol. The Labute approximate surface area is 257 Å². The first-order valence-corrected chi connectivity index (χ1v) is 18.1. The zero-order valence-electron chi connectivity index (χ0n) is 26.7. The number of rotatable bonds is 30. The number of allylic oxidation sites excluding steroid dienone is 5. The molecule has 0 fully saturated rings. The summed E-state index contributed by atoms with van der Waals surface area (Å²) in [5.74, 6) is -0.214. The number of phosphoric acid groups is 1. The van der Waals surface area contributed by atoms with E-state index in [1.807, 2.05) is 6.08 Å². The van der Waals surface area contributed by atoms with Gasteiger partial charge in [-0.2, -0.15) is 0 Å². The quantitative estimate of drug-likeness (QED) is 0.0366. The number of carbonyl (C=O) groups is 1. The second kappa shape index (κ2) is 29.8. The molecule has 9 heteroatoms. The summed E-state index contributed by atoms with van der Waals surface area (Å²) < 4.78 is 21.9. The number of nitrogens with one attached hydrogen (secondary N) is 1. The summed E-state index contributed by atoms with van der Waals surface area (Å²) >= 11 is 0. The number of phosphoric ester groups is 1. The van der Waals surface area contributed by atoms with Gasteiger partial charge >= 0.3 is 7.82 Å². The summed E-state index contributed by atoms with van der Waals surface area (Å²) in [6.45, 7) is 4.00. The smallest absolute Gasteiger partial charge is 0.387 e. The molecule has 3 unspecified atom stereocenters. The lowest BCUT2D eigenvalue weighted by Gasteiger charge is -2.23. The molecule has 0 aromatic heterocycles. The third-order valence-corrected chi connectivity index (χ3v) is 7.93. The zero-order valence-corrected chi connectivity index (χ0v) is 27.6. The number of hydrogen-bond donors (Lipinski definition) is 4. The number of carbonyl (C=O) groups excluding carboxylic acids is 1. The molecular formula is C33H63N2O6P. The normalized spacial score (nSPS) is 15.1. The Balaban J connectivity index is 4.43. The molecule has 0 bridgehead atoms. The van der Waals surface area contributed by atoms with Crippen molar-refractivity contribution < 1.29 is 28.4 Å². The minimum Gasteiger partial charge on any atom is -0.387 e. The fourth-order valence-corrected chi connectivity index (χ4v) is 5.16. The molecule has 0 aromatic rings. The molecule has 0 aliphatic heterocycles. The average molecular weight is 615 g/mol. The maximum atomic E-state index is 12.6. The summed E-state index contributed by atoms with van der Waals surface area (Å²) in [5.41, 5.74) is 5.33. The molecule has 246 valence electrons. The number of nitrogens with two attached hydrogens (primary N) is 1. The largest absolute Gasteiger partial charge is 0.472 e. The Kier molecular flexibility index (Phi) is 28.9. The highest BCUT2D eigenvalue weighted by Gasteiger charge is 2.26. The Morgan fingerprint density at radius 3 is 1.98 bits per heavy atom. The molecule has 0 saturated heterocycles. The summed E-state index contributed by atoms with van der Waals surface area (Å²) in [5, 5.41) is 13.5. The highest BCUT2D eigenvalue weighted by molar-refractivity contribution is 7.47. The fraction of sp³-hybridized carbons (Fsp3) is 0.788. The van der Waals surface area contributed by atoms with Gasteiger partial charge < -0.3 is 21.1 Å². The van der Waals surface area contributed by atoms with Crippen molar-refractivity contribution in [1.82, 2.24) is 5.32 Å². The van der Waals surface area contributed by atoms with Crippen LogP contribution in [-0.4, -0.2) is 47.8 Å². The van der Waals surface area contributed by atoms with Crippen LogP contribution in [-0.2, 0) is 18.4 Å². The van der Waals surface area contributed by atoms with E-state index in [1.165, 1.54) is 44.9 Å². The van der Waals surface area contributed by atoms with Gasteiger partial charge in [0.05, 0.1) is 25.4 Å². The molecule has 0 aliphatic rings. The highest BCUT2D eigenvalue weighted by Crippen LogP contribution is 2.43. The van der Waals surface area contributed by atoms with Crippen LogP contribution in [0.1, 0.15) is 136 Å². The number of amides is 1. The van der Waals surface area contributed by atoms with Gasteiger partial charge in [0.15, 0.2) is 0 Å². The summed E-state index contributed by atoms with van der Waals surface area (Å²) in [7, 11) is -4.33. The van der Waals surface area contributed by atoms with Gasteiger partial charge in [-0.1, -0.05) is 121 Å². The van der Waals surface area contributed by atoms with Crippen LogP contribution in [0.4, 0.5) is 0 Å². The summed E-state index contributed by atoms with van der Waals surface area (Å²) in [6.07, 6.45) is 31.9. The molecule has 1 amide bonds. The third kappa shape index (κ3) is 27.5. The van der Waals surface area contributed by atoms with E-state index in [-0.39, 0.29) is 25.7 Å². The van der Waals surface area contributed by atoms with Crippen LogP contribution in [0, 0.1) is 0 Å². The molecule has 8 nitrogen and oxygen atoms in total. The number of aliphatic hydroxyl groups excluding tert-OH is 1. The maximum absolute atomic E-state index is 12.6. The number of aliphatic hydroxyl groups is 1. The molecule has 42 heavy (non-hydrogen) atoms. The molecule has 5 N–H and O–H groups in total. The van der Waals surface area contributed by atoms with Crippen molar-refractivity contribution in [2.24, 2.45) is 5.73 Å². The van der Waals surface area contributed by atoms with Crippen molar-refractivity contribution in [3.63, 3.8) is 0 Å². The van der Waals surface area contributed by atoms with Crippen LogP contribution in [0.15, 0.2) is 36.5 Å². The van der Waals surface area contributed by atoms with E-state index in [2.05, 4.69) is 43.5 Å². The van der Waals surface area contributed by atoms with E-state index in [4.69, 9.17) is 14.8 Å². The Hall–Kier alpha value is -1.28. The van der Waals surface area contributed by atoms with Crippen molar-refractivity contribution in [3.05, 3.63) is 36.5 Å². The highest BCUT2D eigenvalue weighted by atomic mass is 31.2. The second-order valence-corrected chi connectivity index (χ2v) is 12.5. The monoisotopic (exact) mass is 614 g/mol. The minimum atomic E-state index is -4.33. The maximum Gasteiger partial charge on any atom is 0.472 e. The second-order valence-electron chi connectivity index (χ2n) is 11.0. The lowest BCUT2D eigenvalue weighted by Crippen LogP contribution is -2.45. The van der Waals surface area contributed by atoms with E-state index in [0.717, 1.165) is 70.6 Å². The van der Waals surface area contributed by atoms with Crippen molar-refractivity contribution in [3.8, 4) is 0 Å². The Bertz CT molecular complexity index is 759. The van der Waals surface area contributed by atoms with Gasteiger partial charge in [0.2, 0.25) is 5.91 Å². The number of hydrogen-bond acceptors (Lipinski definition) is 6. The molecule has 0 radical (unpaired) electrons. The minimum absolute atomic E-state index is 0.0750. The summed E-state index contributed by atoms with van der Waals surface area (Å²) in [4.78, 5) is 22.4. The van der Waals surface area contributed by atoms with Crippen LogP contribution >= 0.6 is 7.82 Å². The van der Waals surface area contributed by atoms with Crippen LogP contribution in [0.2, 0.25) is 0 Å². The standard InChI is InChI=1S/C33H63N2O6P/c1-3-5-7-9-11-13-15-16-17-19-21-23-25-27-33(37)35-31(30-41-42(38,39)40-29-28-34)32(36)26-24-22-20-18-14-12-10-8-6-4-2/h7,9,13,15,24,26,31-32,36H,3-6,8,10-12,14,16-23,25,27-30,34H2,1-2H3,(H,35,37)(H,38,39)/b9-7-,15-13-,26-24+. The lowest BCUT2D eigenvalue weighted by atomic mass is 10.1. The Morgan fingerprint density at radius 2 is 1.36 bits per heavy atom. The van der Waals surface area contributed by atoms with Gasteiger partial charge in [0.1, 0.15) is 0 Å². The third-order valence-electron chi connectivity index (χ3n) is 6.94. The average Bonchev–Trinajstić information content (AvgIpc) is 2.97. The molecule has 0 saturated carbocycles. The van der Waals surface area contributed by atoms with E-state index in [9.17, 15) is 19.4 Å². The molecule has 3 atom stereocenters.